The number of urea groups is 1. The highest BCUT2D eigenvalue weighted by Crippen LogP contribution is 2.25. The average molecular weight is 515 g/mol. The molecule has 8 nitrogen and oxygen atoms in total. The number of carbonyl (C=O) groups excluding carboxylic acids is 2. The van der Waals surface area contributed by atoms with Gasteiger partial charge >= 0.3 is 12.0 Å². The molecule has 0 aliphatic rings. The number of carbonyl (C=O) groups is 2. The minimum absolute atomic E-state index is 0.0259. The van der Waals surface area contributed by atoms with Crippen LogP contribution in [0, 0.1) is 12.7 Å². The maximum absolute atomic E-state index is 13.4. The quantitative estimate of drug-likeness (QED) is 0.385. The van der Waals surface area contributed by atoms with Crippen LogP contribution in [-0.4, -0.2) is 33.6 Å². The van der Waals surface area contributed by atoms with Crippen molar-refractivity contribution in [2.45, 2.75) is 31.3 Å². The van der Waals surface area contributed by atoms with Crippen LogP contribution in [-0.2, 0) is 14.8 Å². The monoisotopic (exact) mass is 514 g/mol. The molecular weight excluding hydrogens is 487 g/mol. The standard InChI is InChI=1S/C26H27FN2O6S/c1-3-34-25(30)20-8-12-22(13-9-20)35-24(19-6-10-21(27)11-7-19)16-17-28-26(31)29-36(32,33)23-14-4-18(2)5-15-23/h4-15,24H,3,16-17H2,1-2H3,(H2,28,29,31). The summed E-state index contributed by atoms with van der Waals surface area (Å²) in [4.78, 5) is 24.1. The highest BCUT2D eigenvalue weighted by atomic mass is 32.2. The van der Waals surface area contributed by atoms with Crippen LogP contribution < -0.4 is 14.8 Å². The first-order valence-corrected chi connectivity index (χ1v) is 12.7. The summed E-state index contributed by atoms with van der Waals surface area (Å²) in [5.74, 6) is -0.409. The second-order valence-electron chi connectivity index (χ2n) is 7.87. The molecule has 3 aromatic carbocycles. The molecule has 0 radical (unpaired) electrons. The van der Waals surface area contributed by atoms with Gasteiger partial charge in [0.2, 0.25) is 0 Å². The predicted octanol–water partition coefficient (Wildman–Crippen LogP) is 4.51. The zero-order chi connectivity index (χ0) is 26.1. The normalized spacial score (nSPS) is 11.9. The largest absolute Gasteiger partial charge is 0.486 e. The molecule has 0 saturated heterocycles. The minimum Gasteiger partial charge on any atom is -0.486 e. The molecule has 2 amide bonds. The van der Waals surface area contributed by atoms with E-state index in [-0.39, 0.29) is 24.5 Å². The number of benzene rings is 3. The Bertz CT molecular complexity index is 1280. The Morgan fingerprint density at radius 1 is 0.944 bits per heavy atom. The molecule has 10 heteroatoms. The molecule has 1 atom stereocenters. The van der Waals surface area contributed by atoms with Gasteiger partial charge in [-0.1, -0.05) is 29.8 Å². The average Bonchev–Trinajstić information content (AvgIpc) is 2.84. The molecule has 2 N–H and O–H groups in total. The van der Waals surface area contributed by atoms with Crippen molar-refractivity contribution in [3.05, 3.63) is 95.3 Å². The molecule has 0 aliphatic carbocycles. The van der Waals surface area contributed by atoms with Crippen molar-refractivity contribution in [1.29, 1.82) is 0 Å². The molecular formula is C26H27FN2O6S. The Balaban J connectivity index is 1.64. The van der Waals surface area contributed by atoms with Crippen LogP contribution >= 0.6 is 0 Å². The summed E-state index contributed by atoms with van der Waals surface area (Å²) in [7, 11) is -4.02. The van der Waals surface area contributed by atoms with Crippen LogP contribution in [0.5, 0.6) is 5.75 Å². The highest BCUT2D eigenvalue weighted by Gasteiger charge is 2.19. The fraction of sp³-hybridized carbons (Fsp3) is 0.231. The Labute approximate surface area is 209 Å². The fourth-order valence-corrected chi connectivity index (χ4v) is 4.20. The number of halogens is 1. The topological polar surface area (TPSA) is 111 Å². The summed E-state index contributed by atoms with van der Waals surface area (Å²) >= 11 is 0. The number of sulfonamides is 1. The van der Waals surface area contributed by atoms with Crippen LogP contribution in [0.1, 0.15) is 40.9 Å². The van der Waals surface area contributed by atoms with Gasteiger partial charge in [-0.05, 0) is 67.9 Å². The summed E-state index contributed by atoms with van der Waals surface area (Å²) < 4.78 is 51.2. The van der Waals surface area contributed by atoms with Crippen LogP contribution in [0.15, 0.2) is 77.7 Å². The van der Waals surface area contributed by atoms with Gasteiger partial charge in [0.25, 0.3) is 10.0 Å². The lowest BCUT2D eigenvalue weighted by molar-refractivity contribution is 0.0526. The molecule has 0 aromatic heterocycles. The third kappa shape index (κ3) is 7.54. The molecule has 0 spiro atoms. The van der Waals surface area contributed by atoms with E-state index >= 15 is 0 Å². The summed E-state index contributed by atoms with van der Waals surface area (Å²) in [6, 6.07) is 17.3. The van der Waals surface area contributed by atoms with Crippen molar-refractivity contribution in [2.24, 2.45) is 0 Å². The Kier molecular flexibility index (Phi) is 9.02. The fourth-order valence-electron chi connectivity index (χ4n) is 3.27. The molecule has 190 valence electrons. The van der Waals surface area contributed by atoms with E-state index in [4.69, 9.17) is 9.47 Å². The Morgan fingerprint density at radius 3 is 2.19 bits per heavy atom. The number of hydrogen-bond acceptors (Lipinski definition) is 6. The molecule has 0 heterocycles. The molecule has 0 bridgehead atoms. The van der Waals surface area contributed by atoms with E-state index in [9.17, 15) is 22.4 Å². The number of hydrogen-bond donors (Lipinski definition) is 2. The van der Waals surface area contributed by atoms with Gasteiger partial charge in [0.15, 0.2) is 0 Å². The van der Waals surface area contributed by atoms with Crippen molar-refractivity contribution < 1.29 is 31.9 Å². The lowest BCUT2D eigenvalue weighted by atomic mass is 10.1. The number of esters is 1. The third-order valence-electron chi connectivity index (χ3n) is 5.14. The van der Waals surface area contributed by atoms with E-state index in [0.29, 0.717) is 16.9 Å². The summed E-state index contributed by atoms with van der Waals surface area (Å²) in [6.45, 7) is 3.87. The van der Waals surface area contributed by atoms with Gasteiger partial charge in [-0.25, -0.2) is 27.1 Å². The van der Waals surface area contributed by atoms with E-state index in [0.717, 1.165) is 5.56 Å². The third-order valence-corrected chi connectivity index (χ3v) is 6.48. The first-order valence-electron chi connectivity index (χ1n) is 11.2. The highest BCUT2D eigenvalue weighted by molar-refractivity contribution is 7.90. The predicted molar refractivity (Wildman–Crippen MR) is 132 cm³/mol. The van der Waals surface area contributed by atoms with E-state index in [1.807, 2.05) is 11.6 Å². The van der Waals surface area contributed by atoms with Crippen molar-refractivity contribution in [1.82, 2.24) is 10.0 Å². The smallest absolute Gasteiger partial charge is 0.338 e. The zero-order valence-corrected chi connectivity index (χ0v) is 20.7. The maximum atomic E-state index is 13.4. The van der Waals surface area contributed by atoms with Gasteiger partial charge in [-0.15, -0.1) is 0 Å². The number of rotatable bonds is 10. The van der Waals surface area contributed by atoms with Crippen LogP contribution in [0.4, 0.5) is 9.18 Å². The lowest BCUT2D eigenvalue weighted by Crippen LogP contribution is -2.40. The summed E-state index contributed by atoms with van der Waals surface area (Å²) in [5, 5.41) is 2.51. The molecule has 0 fully saturated rings. The van der Waals surface area contributed by atoms with Crippen molar-refractivity contribution in [2.75, 3.05) is 13.2 Å². The molecule has 1 unspecified atom stereocenters. The van der Waals surface area contributed by atoms with Crippen molar-refractivity contribution >= 4 is 22.0 Å². The molecule has 3 rings (SSSR count). The second kappa shape index (κ2) is 12.2. The van der Waals surface area contributed by atoms with E-state index in [2.05, 4.69) is 5.32 Å². The number of ether oxygens (including phenoxy) is 2. The molecule has 3 aromatic rings. The van der Waals surface area contributed by atoms with Crippen LogP contribution in [0.2, 0.25) is 0 Å². The van der Waals surface area contributed by atoms with E-state index in [1.165, 1.54) is 24.3 Å². The van der Waals surface area contributed by atoms with Crippen molar-refractivity contribution in [3.63, 3.8) is 0 Å². The van der Waals surface area contributed by atoms with Crippen molar-refractivity contribution in [3.8, 4) is 5.75 Å². The summed E-state index contributed by atoms with van der Waals surface area (Å²) in [5.41, 5.74) is 1.91. The number of nitrogens with one attached hydrogen (secondary N) is 2. The van der Waals surface area contributed by atoms with E-state index in [1.54, 1.807) is 55.5 Å². The summed E-state index contributed by atoms with van der Waals surface area (Å²) in [6.07, 6.45) is -0.337. The van der Waals surface area contributed by atoms with Gasteiger partial charge in [0.05, 0.1) is 17.1 Å². The van der Waals surface area contributed by atoms with Gasteiger partial charge in [-0.2, -0.15) is 0 Å². The molecule has 0 aliphatic heterocycles. The first kappa shape index (κ1) is 26.7. The van der Waals surface area contributed by atoms with Crippen LogP contribution in [0.3, 0.4) is 0 Å². The van der Waals surface area contributed by atoms with Gasteiger partial charge in [0.1, 0.15) is 17.7 Å². The first-order chi connectivity index (χ1) is 17.2. The van der Waals surface area contributed by atoms with Gasteiger partial charge < -0.3 is 14.8 Å². The molecule has 0 saturated carbocycles. The zero-order valence-electron chi connectivity index (χ0n) is 19.9. The van der Waals surface area contributed by atoms with Gasteiger partial charge in [0, 0.05) is 13.0 Å². The Morgan fingerprint density at radius 2 is 1.58 bits per heavy atom. The molecule has 36 heavy (non-hydrogen) atoms. The minimum atomic E-state index is -4.02. The van der Waals surface area contributed by atoms with E-state index < -0.39 is 33.9 Å². The number of amides is 2. The lowest BCUT2D eigenvalue weighted by Gasteiger charge is -2.20. The second-order valence-corrected chi connectivity index (χ2v) is 9.55. The van der Waals surface area contributed by atoms with Gasteiger partial charge in [-0.3, -0.25) is 0 Å². The number of aryl methyl sites for hydroxylation is 1. The maximum Gasteiger partial charge on any atom is 0.338 e. The SMILES string of the molecule is CCOC(=O)c1ccc(OC(CCNC(=O)NS(=O)(=O)c2ccc(C)cc2)c2ccc(F)cc2)cc1. The van der Waals surface area contributed by atoms with Crippen LogP contribution in [0.25, 0.3) is 0 Å². The Hall–Kier alpha value is -3.92.